The molecule has 0 aliphatic carbocycles. The number of benzene rings is 4. The average molecular weight is 935 g/mol. The molecule has 0 spiro atoms. The molecule has 7 heteroatoms. The Kier molecular flexibility index (Phi) is 11.4. The van der Waals surface area contributed by atoms with E-state index in [9.17, 15) is 0 Å². The molecule has 56 heavy (non-hydrogen) atoms. The van der Waals surface area contributed by atoms with Crippen molar-refractivity contribution in [2.24, 2.45) is 5.92 Å². The minimum absolute atomic E-state index is 0. The number of rotatable bonds is 5. The van der Waals surface area contributed by atoms with Crippen LogP contribution in [0.25, 0.3) is 66.5 Å². The summed E-state index contributed by atoms with van der Waals surface area (Å²) in [7, 11) is -1.38. The number of furan rings is 1. The first-order valence-electron chi connectivity index (χ1n) is 19.5. The summed E-state index contributed by atoms with van der Waals surface area (Å²) < 4.78 is 8.60. The molecule has 0 bridgehead atoms. The molecule has 0 unspecified atom stereocenters. The van der Waals surface area contributed by atoms with Gasteiger partial charge in [-0.1, -0.05) is 114 Å². The van der Waals surface area contributed by atoms with Crippen LogP contribution in [-0.2, 0) is 37.5 Å². The Morgan fingerprint density at radius 2 is 1.57 bits per heavy atom. The molecule has 4 aromatic heterocycles. The van der Waals surface area contributed by atoms with Gasteiger partial charge in [-0.25, -0.2) is 4.98 Å². The van der Waals surface area contributed by atoms with Gasteiger partial charge in [0.05, 0.1) is 30.5 Å². The van der Waals surface area contributed by atoms with Crippen molar-refractivity contribution in [1.82, 2.24) is 19.5 Å². The zero-order valence-electron chi connectivity index (χ0n) is 35.0. The van der Waals surface area contributed by atoms with Crippen LogP contribution in [0.4, 0.5) is 0 Å². The fourth-order valence-corrected chi connectivity index (χ4v) is 9.21. The molecule has 0 amide bonds. The minimum Gasteiger partial charge on any atom is -0.486 e. The van der Waals surface area contributed by atoms with Crippen molar-refractivity contribution in [2.75, 3.05) is 0 Å². The summed E-state index contributed by atoms with van der Waals surface area (Å²) in [6, 6.07) is 34.5. The SMILES string of the molecule is CC(C)Cc1cc(-c2[c-]cc(C(C)(C)C)cc2)ncc1[Si](C)(C)C.Cc1c[c-]c(-c2nc3ccc4ccccc4c3n2C(C)(C)C)c2oc3ncccc3c12.[Ir]. The number of imidazole rings is 1. The number of hydrogen-bond donors (Lipinski definition) is 0. The number of aryl methyl sites for hydroxylation is 1. The van der Waals surface area contributed by atoms with Gasteiger partial charge in [0.25, 0.3) is 0 Å². The van der Waals surface area contributed by atoms with Crippen LogP contribution in [0, 0.1) is 25.0 Å². The molecule has 8 aromatic rings. The summed E-state index contributed by atoms with van der Waals surface area (Å²) in [4.78, 5) is 14.3. The average Bonchev–Trinajstić information content (AvgIpc) is 3.72. The smallest absolute Gasteiger partial charge is 0.216 e. The first kappa shape index (κ1) is 41.2. The zero-order chi connectivity index (χ0) is 39.4. The fraction of sp³-hybridized carbons (Fsp3) is 0.327. The van der Waals surface area contributed by atoms with Crippen molar-refractivity contribution >= 4 is 57.1 Å². The van der Waals surface area contributed by atoms with Gasteiger partial charge >= 0.3 is 0 Å². The Hall–Kier alpha value is -4.42. The normalized spacial score (nSPS) is 12.4. The third-order valence-corrected chi connectivity index (χ3v) is 12.4. The molecule has 0 saturated carbocycles. The Morgan fingerprint density at radius 1 is 0.839 bits per heavy atom. The largest absolute Gasteiger partial charge is 0.486 e. The molecule has 0 fully saturated rings. The molecular weight excluding hydrogens is 881 g/mol. The third-order valence-electron chi connectivity index (χ3n) is 10.3. The van der Waals surface area contributed by atoms with Crippen LogP contribution in [0.1, 0.15) is 72.1 Å². The zero-order valence-corrected chi connectivity index (χ0v) is 38.4. The van der Waals surface area contributed by atoms with E-state index in [0.717, 1.165) is 62.0 Å². The van der Waals surface area contributed by atoms with Crippen molar-refractivity contribution in [1.29, 1.82) is 0 Å². The Bertz CT molecular complexity index is 2670. The van der Waals surface area contributed by atoms with Crippen LogP contribution in [0.2, 0.25) is 19.6 Å². The van der Waals surface area contributed by atoms with E-state index in [0.29, 0.717) is 11.6 Å². The molecule has 0 aliphatic heterocycles. The van der Waals surface area contributed by atoms with Gasteiger partial charge < -0.3 is 14.0 Å². The maximum atomic E-state index is 6.27. The maximum Gasteiger partial charge on any atom is 0.216 e. The van der Waals surface area contributed by atoms with E-state index < -0.39 is 8.07 Å². The molecule has 4 heterocycles. The Balaban J connectivity index is 0.000000194. The summed E-state index contributed by atoms with van der Waals surface area (Å²) in [5.41, 5.74) is 10.4. The summed E-state index contributed by atoms with van der Waals surface area (Å²) in [5.74, 6) is 1.52. The van der Waals surface area contributed by atoms with Crippen molar-refractivity contribution in [3.63, 3.8) is 0 Å². The molecule has 4 aromatic carbocycles. The fourth-order valence-electron chi connectivity index (χ4n) is 7.62. The van der Waals surface area contributed by atoms with Gasteiger partial charge in [-0.05, 0) is 73.0 Å². The molecule has 1 radical (unpaired) electrons. The molecule has 0 saturated heterocycles. The van der Waals surface area contributed by atoms with Crippen LogP contribution in [-0.4, -0.2) is 27.6 Å². The molecule has 8 rings (SSSR count). The molecule has 0 N–H and O–H groups in total. The topological polar surface area (TPSA) is 56.7 Å². The van der Waals surface area contributed by atoms with Gasteiger partial charge in [-0.2, -0.15) is 0 Å². The number of fused-ring (bicyclic) bond motifs is 6. The second-order valence-electron chi connectivity index (χ2n) is 18.4. The second kappa shape index (κ2) is 15.5. The number of nitrogens with zero attached hydrogens (tertiary/aromatic N) is 4. The van der Waals surface area contributed by atoms with E-state index >= 15 is 0 Å². The van der Waals surface area contributed by atoms with Crippen LogP contribution in [0.5, 0.6) is 0 Å². The summed E-state index contributed by atoms with van der Waals surface area (Å²) in [6.45, 7) is 27.2. The molecule has 0 atom stereocenters. The van der Waals surface area contributed by atoms with E-state index in [4.69, 9.17) is 14.4 Å². The molecule has 0 aliphatic rings. The van der Waals surface area contributed by atoms with E-state index in [1.807, 2.05) is 12.1 Å². The number of hydrogen-bond acceptors (Lipinski definition) is 4. The standard InChI is InChI=1S/C27H22N3O.C22H32NSi.Ir/c1-16-11-13-20(24-22(16)19-10-7-15-28-26(19)31-24)25-29-21-14-12-17-8-5-6-9-18(17)23(21)30(25)27(2,3)4;1-16(2)13-18-14-20(23-15-21(18)24(6,7)8)17-9-11-19(12-10-17)22(3,4)5;/h5-12,14-15H,1-4H3;9,11-12,14-16H,13H2,1-8H3;/q2*-1;. The van der Waals surface area contributed by atoms with Crippen LogP contribution >= 0.6 is 0 Å². The van der Waals surface area contributed by atoms with Gasteiger partial charge in [-0.15, -0.1) is 53.1 Å². The van der Waals surface area contributed by atoms with Crippen LogP contribution < -0.4 is 5.19 Å². The summed E-state index contributed by atoms with van der Waals surface area (Å²) in [5, 5.41) is 6.00. The first-order chi connectivity index (χ1) is 25.9. The second-order valence-corrected chi connectivity index (χ2v) is 23.5. The summed E-state index contributed by atoms with van der Waals surface area (Å²) >= 11 is 0. The van der Waals surface area contributed by atoms with Gasteiger partial charge in [-0.3, -0.25) is 4.98 Å². The van der Waals surface area contributed by atoms with E-state index in [1.54, 1.807) is 6.20 Å². The van der Waals surface area contributed by atoms with Crippen molar-refractivity contribution < 1.29 is 24.5 Å². The van der Waals surface area contributed by atoms with E-state index in [2.05, 4.69) is 177 Å². The quantitative estimate of drug-likeness (QED) is 0.127. The van der Waals surface area contributed by atoms with Gasteiger partial charge in [0, 0.05) is 48.8 Å². The monoisotopic (exact) mass is 935 g/mol. The minimum atomic E-state index is -1.38. The third kappa shape index (κ3) is 8.05. The predicted molar refractivity (Wildman–Crippen MR) is 235 cm³/mol. The Labute approximate surface area is 347 Å². The van der Waals surface area contributed by atoms with E-state index in [1.165, 1.54) is 27.1 Å². The predicted octanol–water partition coefficient (Wildman–Crippen LogP) is 12.6. The maximum absolute atomic E-state index is 6.27. The summed E-state index contributed by atoms with van der Waals surface area (Å²) in [6.07, 6.45) is 5.01. The van der Waals surface area contributed by atoms with Gasteiger partial charge in [0.2, 0.25) is 5.71 Å². The van der Waals surface area contributed by atoms with Crippen molar-refractivity contribution in [3.8, 4) is 22.6 Å². The Morgan fingerprint density at radius 3 is 2.23 bits per heavy atom. The van der Waals surface area contributed by atoms with Crippen molar-refractivity contribution in [3.05, 3.63) is 120 Å². The molecular formula is C49H54IrN4OSi-2. The van der Waals surface area contributed by atoms with Gasteiger partial charge in [0.15, 0.2) is 0 Å². The molecule has 291 valence electrons. The van der Waals surface area contributed by atoms with Gasteiger partial charge in [0.1, 0.15) is 0 Å². The first-order valence-corrected chi connectivity index (χ1v) is 23.0. The number of pyridine rings is 2. The van der Waals surface area contributed by atoms with Crippen LogP contribution in [0.3, 0.4) is 0 Å². The number of aromatic nitrogens is 4. The van der Waals surface area contributed by atoms with Crippen LogP contribution in [0.15, 0.2) is 95.7 Å². The molecule has 5 nitrogen and oxygen atoms in total. The van der Waals surface area contributed by atoms with Crippen molar-refractivity contribution in [2.45, 2.75) is 99.3 Å². The van der Waals surface area contributed by atoms with E-state index in [-0.39, 0.29) is 31.1 Å².